The number of aromatic nitrogens is 2. The van der Waals surface area contributed by atoms with Crippen molar-refractivity contribution in [1.29, 1.82) is 0 Å². The van der Waals surface area contributed by atoms with E-state index in [2.05, 4.69) is 29.1 Å². The lowest BCUT2D eigenvalue weighted by Gasteiger charge is -2.14. The summed E-state index contributed by atoms with van der Waals surface area (Å²) in [5.74, 6) is 0.889. The zero-order valence-electron chi connectivity index (χ0n) is 10.2. The van der Waals surface area contributed by atoms with Crippen LogP contribution in [0.4, 0.5) is 0 Å². The van der Waals surface area contributed by atoms with E-state index in [4.69, 9.17) is 4.74 Å². The molecule has 1 unspecified atom stereocenters. The molecule has 1 N–H and O–H groups in total. The summed E-state index contributed by atoms with van der Waals surface area (Å²) in [6.45, 7) is 5.71. The Morgan fingerprint density at radius 2 is 2.00 bits per heavy atom. The first-order valence-corrected chi connectivity index (χ1v) is 5.83. The Bertz CT molecular complexity index is 379. The summed E-state index contributed by atoms with van der Waals surface area (Å²) in [5.41, 5.74) is 3.55. The maximum absolute atomic E-state index is 5.48. The van der Waals surface area contributed by atoms with Crippen LogP contribution in [-0.4, -0.2) is 30.2 Å². The molecule has 0 saturated heterocycles. The number of nitrogens with one attached hydrogen (secondary N) is 1. The van der Waals surface area contributed by atoms with Gasteiger partial charge in [-0.3, -0.25) is 0 Å². The Morgan fingerprint density at radius 3 is 2.75 bits per heavy atom. The largest absolute Gasteiger partial charge is 0.381 e. The summed E-state index contributed by atoms with van der Waals surface area (Å²) in [6.07, 6.45) is 1.84. The standard InChI is InChI=1S/C12H19N3O/c1-8-10-4-6-16-7-5-11(10)15-12(14-8)9(2)13-3/h9,13H,4-7H2,1-3H3. The lowest BCUT2D eigenvalue weighted by molar-refractivity contribution is 0.146. The first-order valence-electron chi connectivity index (χ1n) is 5.83. The van der Waals surface area contributed by atoms with Gasteiger partial charge in [-0.15, -0.1) is 0 Å². The molecule has 0 radical (unpaired) electrons. The van der Waals surface area contributed by atoms with Crippen molar-refractivity contribution in [2.24, 2.45) is 0 Å². The number of aryl methyl sites for hydroxylation is 1. The van der Waals surface area contributed by atoms with Gasteiger partial charge in [-0.25, -0.2) is 9.97 Å². The van der Waals surface area contributed by atoms with Crippen molar-refractivity contribution >= 4 is 0 Å². The molecule has 2 heterocycles. The Kier molecular flexibility index (Phi) is 3.51. The lowest BCUT2D eigenvalue weighted by atomic mass is 10.1. The molecule has 2 rings (SSSR count). The van der Waals surface area contributed by atoms with Gasteiger partial charge in [-0.1, -0.05) is 0 Å². The molecule has 0 saturated carbocycles. The number of fused-ring (bicyclic) bond motifs is 1. The second-order valence-electron chi connectivity index (χ2n) is 4.22. The van der Waals surface area contributed by atoms with Gasteiger partial charge in [0.2, 0.25) is 0 Å². The minimum absolute atomic E-state index is 0.202. The molecule has 1 atom stereocenters. The first-order chi connectivity index (χ1) is 7.72. The molecule has 0 spiro atoms. The van der Waals surface area contributed by atoms with Crippen molar-refractivity contribution in [3.8, 4) is 0 Å². The number of ether oxygens (including phenoxy) is 1. The van der Waals surface area contributed by atoms with E-state index in [1.54, 1.807) is 0 Å². The van der Waals surface area contributed by atoms with E-state index in [1.807, 2.05) is 7.05 Å². The lowest BCUT2D eigenvalue weighted by Crippen LogP contribution is -2.18. The molecule has 1 aliphatic heterocycles. The van der Waals surface area contributed by atoms with Gasteiger partial charge in [0, 0.05) is 17.8 Å². The van der Waals surface area contributed by atoms with Crippen LogP contribution in [0.2, 0.25) is 0 Å². The predicted octanol–water partition coefficient (Wildman–Crippen LogP) is 1.18. The van der Waals surface area contributed by atoms with E-state index < -0.39 is 0 Å². The Labute approximate surface area is 96.4 Å². The Balaban J connectivity index is 2.39. The van der Waals surface area contributed by atoms with Gasteiger partial charge in [0.1, 0.15) is 5.82 Å². The average molecular weight is 221 g/mol. The van der Waals surface area contributed by atoms with Crippen molar-refractivity contribution in [2.45, 2.75) is 32.7 Å². The summed E-state index contributed by atoms with van der Waals surface area (Å²) in [7, 11) is 1.93. The van der Waals surface area contributed by atoms with E-state index in [0.717, 1.165) is 37.6 Å². The van der Waals surface area contributed by atoms with Crippen LogP contribution in [0.5, 0.6) is 0 Å². The number of hydrogen-bond donors (Lipinski definition) is 1. The third-order valence-electron chi connectivity index (χ3n) is 3.12. The molecule has 4 nitrogen and oxygen atoms in total. The second-order valence-corrected chi connectivity index (χ2v) is 4.22. The predicted molar refractivity (Wildman–Crippen MR) is 62.5 cm³/mol. The molecule has 4 heteroatoms. The minimum Gasteiger partial charge on any atom is -0.381 e. The van der Waals surface area contributed by atoms with Crippen LogP contribution in [-0.2, 0) is 17.6 Å². The molecule has 1 aromatic rings. The van der Waals surface area contributed by atoms with Gasteiger partial charge < -0.3 is 10.1 Å². The van der Waals surface area contributed by atoms with E-state index in [1.165, 1.54) is 11.3 Å². The van der Waals surface area contributed by atoms with E-state index in [-0.39, 0.29) is 6.04 Å². The Hall–Kier alpha value is -1.00. The Morgan fingerprint density at radius 1 is 1.25 bits per heavy atom. The molecule has 0 fully saturated rings. The summed E-state index contributed by atoms with van der Waals surface area (Å²) >= 11 is 0. The maximum atomic E-state index is 5.48. The topological polar surface area (TPSA) is 47.0 Å². The molecule has 0 amide bonds. The van der Waals surface area contributed by atoms with Crippen molar-refractivity contribution in [1.82, 2.24) is 15.3 Å². The van der Waals surface area contributed by atoms with Crippen molar-refractivity contribution < 1.29 is 4.74 Å². The molecular weight excluding hydrogens is 202 g/mol. The van der Waals surface area contributed by atoms with Gasteiger partial charge in [0.15, 0.2) is 0 Å². The maximum Gasteiger partial charge on any atom is 0.145 e. The van der Waals surface area contributed by atoms with Crippen LogP contribution in [0.3, 0.4) is 0 Å². The highest BCUT2D eigenvalue weighted by Crippen LogP contribution is 2.18. The summed E-state index contributed by atoms with van der Waals surface area (Å²) in [4.78, 5) is 9.22. The monoisotopic (exact) mass is 221 g/mol. The summed E-state index contributed by atoms with van der Waals surface area (Å²) in [5, 5.41) is 3.17. The number of nitrogens with zero attached hydrogens (tertiary/aromatic N) is 2. The highest BCUT2D eigenvalue weighted by molar-refractivity contribution is 5.27. The van der Waals surface area contributed by atoms with Gasteiger partial charge in [0.25, 0.3) is 0 Å². The molecular formula is C12H19N3O. The molecule has 0 bridgehead atoms. The van der Waals surface area contributed by atoms with Crippen LogP contribution < -0.4 is 5.32 Å². The molecule has 0 aromatic carbocycles. The van der Waals surface area contributed by atoms with Crippen molar-refractivity contribution in [3.05, 3.63) is 22.8 Å². The molecule has 1 aliphatic rings. The van der Waals surface area contributed by atoms with Crippen LogP contribution in [0.1, 0.15) is 35.7 Å². The van der Waals surface area contributed by atoms with Crippen molar-refractivity contribution in [2.75, 3.05) is 20.3 Å². The zero-order valence-corrected chi connectivity index (χ0v) is 10.2. The van der Waals surface area contributed by atoms with Gasteiger partial charge >= 0.3 is 0 Å². The third kappa shape index (κ3) is 2.23. The van der Waals surface area contributed by atoms with Crippen LogP contribution in [0, 0.1) is 6.92 Å². The summed E-state index contributed by atoms with van der Waals surface area (Å²) in [6, 6.07) is 0.202. The second kappa shape index (κ2) is 4.89. The minimum atomic E-state index is 0.202. The van der Waals surface area contributed by atoms with E-state index in [0.29, 0.717) is 0 Å². The SMILES string of the molecule is CNC(C)c1nc(C)c2c(n1)CCOCC2. The third-order valence-corrected chi connectivity index (χ3v) is 3.12. The molecule has 1 aromatic heterocycles. The van der Waals surface area contributed by atoms with E-state index in [9.17, 15) is 0 Å². The smallest absolute Gasteiger partial charge is 0.145 e. The van der Waals surface area contributed by atoms with Crippen LogP contribution in [0.15, 0.2) is 0 Å². The van der Waals surface area contributed by atoms with Crippen LogP contribution in [0.25, 0.3) is 0 Å². The fourth-order valence-corrected chi connectivity index (χ4v) is 1.98. The number of rotatable bonds is 2. The fourth-order valence-electron chi connectivity index (χ4n) is 1.98. The van der Waals surface area contributed by atoms with E-state index >= 15 is 0 Å². The number of hydrogen-bond acceptors (Lipinski definition) is 4. The highest BCUT2D eigenvalue weighted by Gasteiger charge is 2.16. The van der Waals surface area contributed by atoms with Gasteiger partial charge in [-0.05, 0) is 32.9 Å². The molecule has 16 heavy (non-hydrogen) atoms. The zero-order chi connectivity index (χ0) is 11.5. The summed E-state index contributed by atoms with van der Waals surface area (Å²) < 4.78 is 5.48. The average Bonchev–Trinajstić information content (AvgIpc) is 2.53. The normalized spacial score (nSPS) is 17.7. The van der Waals surface area contributed by atoms with Gasteiger partial charge in [0.05, 0.1) is 19.3 Å². The highest BCUT2D eigenvalue weighted by atomic mass is 16.5. The molecule has 0 aliphatic carbocycles. The van der Waals surface area contributed by atoms with Crippen LogP contribution >= 0.6 is 0 Å². The molecule has 88 valence electrons. The quantitative estimate of drug-likeness (QED) is 0.814. The van der Waals surface area contributed by atoms with Crippen molar-refractivity contribution in [3.63, 3.8) is 0 Å². The van der Waals surface area contributed by atoms with Gasteiger partial charge in [-0.2, -0.15) is 0 Å². The fraction of sp³-hybridized carbons (Fsp3) is 0.667. The first kappa shape index (κ1) is 11.5.